The highest BCUT2D eigenvalue weighted by Crippen LogP contribution is 1.97. The van der Waals surface area contributed by atoms with Crippen LogP contribution >= 0.6 is 15.9 Å². The van der Waals surface area contributed by atoms with E-state index in [1.807, 2.05) is 14.1 Å². The van der Waals surface area contributed by atoms with Crippen molar-refractivity contribution >= 4 is 15.9 Å². The van der Waals surface area contributed by atoms with Crippen molar-refractivity contribution in [1.29, 1.82) is 0 Å². The molecule has 0 aliphatic heterocycles. The molecule has 0 atom stereocenters. The molecule has 0 spiro atoms. The van der Waals surface area contributed by atoms with Gasteiger partial charge in [-0.3, -0.25) is 14.3 Å². The Morgan fingerprint density at radius 3 is 2.78 bits per heavy atom. The van der Waals surface area contributed by atoms with Crippen molar-refractivity contribution < 1.29 is 0 Å². The fraction of sp³-hybridized carbons (Fsp3) is 0.636. The van der Waals surface area contributed by atoms with Gasteiger partial charge in [0, 0.05) is 19.3 Å². The van der Waals surface area contributed by atoms with Gasteiger partial charge in [0.25, 0.3) is 5.56 Å². The molecule has 0 aliphatic carbocycles. The van der Waals surface area contributed by atoms with Gasteiger partial charge in [0.2, 0.25) is 0 Å². The van der Waals surface area contributed by atoms with Crippen LogP contribution in [0.5, 0.6) is 0 Å². The van der Waals surface area contributed by atoms with Gasteiger partial charge in [0.1, 0.15) is 0 Å². The number of nitrogens with one attached hydrogen (secondary N) is 2. The van der Waals surface area contributed by atoms with Crippen LogP contribution in [0.15, 0.2) is 20.3 Å². The first-order valence-electron chi connectivity index (χ1n) is 5.85. The number of aromatic amines is 1. The van der Waals surface area contributed by atoms with Gasteiger partial charge in [-0.15, -0.1) is 0 Å². The van der Waals surface area contributed by atoms with Gasteiger partial charge in [0.05, 0.1) is 4.47 Å². The molecule has 1 aromatic rings. The lowest BCUT2D eigenvalue weighted by Crippen LogP contribution is -2.33. The van der Waals surface area contributed by atoms with Crippen LogP contribution in [0.25, 0.3) is 0 Å². The first-order valence-corrected chi connectivity index (χ1v) is 6.64. The summed E-state index contributed by atoms with van der Waals surface area (Å²) < 4.78 is 1.85. The maximum atomic E-state index is 11.5. The Balaban J connectivity index is 2.34. The van der Waals surface area contributed by atoms with Gasteiger partial charge in [-0.25, -0.2) is 4.79 Å². The van der Waals surface area contributed by atoms with Crippen molar-refractivity contribution in [3.8, 4) is 0 Å². The van der Waals surface area contributed by atoms with E-state index in [4.69, 9.17) is 0 Å². The molecule has 0 amide bonds. The van der Waals surface area contributed by atoms with Crippen molar-refractivity contribution in [2.24, 2.45) is 0 Å². The van der Waals surface area contributed by atoms with Gasteiger partial charge in [-0.05, 0) is 49.5 Å². The summed E-state index contributed by atoms with van der Waals surface area (Å²) in [6, 6.07) is 0. The Morgan fingerprint density at radius 2 is 2.11 bits per heavy atom. The second-order valence-electron chi connectivity index (χ2n) is 4.34. The minimum Gasteiger partial charge on any atom is -0.315 e. The Labute approximate surface area is 114 Å². The lowest BCUT2D eigenvalue weighted by atomic mass is 10.4. The molecule has 0 bridgehead atoms. The number of rotatable bonds is 7. The van der Waals surface area contributed by atoms with E-state index in [0.717, 1.165) is 19.5 Å². The molecule has 18 heavy (non-hydrogen) atoms. The van der Waals surface area contributed by atoms with Crippen LogP contribution in [0.3, 0.4) is 0 Å². The summed E-state index contributed by atoms with van der Waals surface area (Å²) in [4.78, 5) is 27.0. The van der Waals surface area contributed by atoms with Crippen molar-refractivity contribution in [1.82, 2.24) is 19.8 Å². The maximum absolute atomic E-state index is 11.5. The summed E-state index contributed by atoms with van der Waals surface area (Å²) in [6.07, 6.45) is 2.58. The van der Waals surface area contributed by atoms with E-state index < -0.39 is 5.56 Å². The highest BCUT2D eigenvalue weighted by Gasteiger charge is 2.01. The molecule has 102 valence electrons. The molecule has 0 saturated carbocycles. The van der Waals surface area contributed by atoms with Crippen LogP contribution in [0, 0.1) is 0 Å². The molecular formula is C11H19BrN4O2. The van der Waals surface area contributed by atoms with Gasteiger partial charge < -0.3 is 10.2 Å². The first kappa shape index (κ1) is 15.1. The summed E-state index contributed by atoms with van der Waals surface area (Å²) in [5.74, 6) is 0. The molecule has 1 rings (SSSR count). The minimum absolute atomic E-state index is 0.370. The number of nitrogens with zero attached hydrogens (tertiary/aromatic N) is 2. The third-order valence-corrected chi connectivity index (χ3v) is 3.02. The molecule has 0 saturated heterocycles. The van der Waals surface area contributed by atoms with Crippen LogP contribution in [0.1, 0.15) is 6.42 Å². The average Bonchev–Trinajstić information content (AvgIpc) is 2.29. The van der Waals surface area contributed by atoms with E-state index in [9.17, 15) is 9.59 Å². The Morgan fingerprint density at radius 1 is 1.39 bits per heavy atom. The second kappa shape index (κ2) is 7.50. The maximum Gasteiger partial charge on any atom is 0.328 e. The highest BCUT2D eigenvalue weighted by molar-refractivity contribution is 9.10. The molecule has 0 aliphatic rings. The van der Waals surface area contributed by atoms with Crippen LogP contribution in [0.2, 0.25) is 0 Å². The Bertz CT molecular complexity index is 481. The predicted octanol–water partition coefficient (Wildman–Crippen LogP) is -0.160. The summed E-state index contributed by atoms with van der Waals surface area (Å²) in [5.41, 5.74) is -0.770. The summed E-state index contributed by atoms with van der Waals surface area (Å²) in [5, 5.41) is 3.26. The first-order chi connectivity index (χ1) is 8.50. The van der Waals surface area contributed by atoms with Gasteiger partial charge >= 0.3 is 5.69 Å². The number of halogens is 1. The van der Waals surface area contributed by atoms with E-state index in [2.05, 4.69) is 31.1 Å². The molecule has 1 aromatic heterocycles. The van der Waals surface area contributed by atoms with E-state index >= 15 is 0 Å². The lowest BCUT2D eigenvalue weighted by Gasteiger charge is -2.10. The number of hydrogen-bond acceptors (Lipinski definition) is 4. The third-order valence-electron chi connectivity index (χ3n) is 2.46. The molecular weight excluding hydrogens is 300 g/mol. The normalized spacial score (nSPS) is 11.1. The number of H-pyrrole nitrogens is 1. The quantitative estimate of drug-likeness (QED) is 0.685. The molecule has 6 nitrogen and oxygen atoms in total. The number of hydrogen-bond donors (Lipinski definition) is 2. The largest absolute Gasteiger partial charge is 0.328 e. The summed E-state index contributed by atoms with van der Waals surface area (Å²) >= 11 is 3.10. The fourth-order valence-corrected chi connectivity index (χ4v) is 1.84. The van der Waals surface area contributed by atoms with Crippen LogP contribution < -0.4 is 16.6 Å². The van der Waals surface area contributed by atoms with E-state index in [1.165, 1.54) is 10.8 Å². The van der Waals surface area contributed by atoms with Crippen molar-refractivity contribution in [3.63, 3.8) is 0 Å². The van der Waals surface area contributed by atoms with Gasteiger partial charge in [-0.2, -0.15) is 0 Å². The third kappa shape index (κ3) is 5.16. The molecule has 2 N–H and O–H groups in total. The lowest BCUT2D eigenvalue weighted by molar-refractivity contribution is 0.393. The topological polar surface area (TPSA) is 70.1 Å². The molecule has 0 unspecified atom stereocenters. The van der Waals surface area contributed by atoms with Gasteiger partial charge in [0.15, 0.2) is 0 Å². The highest BCUT2D eigenvalue weighted by atomic mass is 79.9. The Hall–Kier alpha value is -0.920. The monoisotopic (exact) mass is 318 g/mol. The Kier molecular flexibility index (Phi) is 6.31. The van der Waals surface area contributed by atoms with Crippen molar-refractivity contribution in [2.45, 2.75) is 13.0 Å². The zero-order valence-corrected chi connectivity index (χ0v) is 12.3. The molecule has 0 aromatic carbocycles. The van der Waals surface area contributed by atoms with Crippen LogP contribution in [-0.2, 0) is 6.54 Å². The zero-order chi connectivity index (χ0) is 13.5. The number of aromatic nitrogens is 2. The van der Waals surface area contributed by atoms with Crippen LogP contribution in [-0.4, -0.2) is 48.2 Å². The smallest absolute Gasteiger partial charge is 0.315 e. The fourth-order valence-electron chi connectivity index (χ4n) is 1.49. The van der Waals surface area contributed by atoms with E-state index in [0.29, 0.717) is 17.6 Å². The molecule has 7 heteroatoms. The molecule has 0 radical (unpaired) electrons. The summed E-state index contributed by atoms with van der Waals surface area (Å²) in [7, 11) is 4.08. The predicted molar refractivity (Wildman–Crippen MR) is 75.1 cm³/mol. The molecule has 1 heterocycles. The van der Waals surface area contributed by atoms with Crippen molar-refractivity contribution in [2.75, 3.05) is 33.7 Å². The summed E-state index contributed by atoms with van der Waals surface area (Å²) in [6.45, 7) is 3.19. The van der Waals surface area contributed by atoms with Gasteiger partial charge in [-0.1, -0.05) is 0 Å². The van der Waals surface area contributed by atoms with Crippen LogP contribution in [0.4, 0.5) is 0 Å². The zero-order valence-electron chi connectivity index (χ0n) is 10.7. The minimum atomic E-state index is -0.393. The second-order valence-corrected chi connectivity index (χ2v) is 5.19. The molecule has 0 fully saturated rings. The van der Waals surface area contributed by atoms with Crippen molar-refractivity contribution in [3.05, 3.63) is 31.5 Å². The van der Waals surface area contributed by atoms with E-state index in [-0.39, 0.29) is 5.69 Å². The standard InChI is InChI=1S/C11H19BrN4O2/c1-15(2)6-3-4-13-5-7-16-8-9(12)10(17)14-11(16)18/h8,13H,3-7H2,1-2H3,(H,14,17,18). The SMILES string of the molecule is CN(C)CCCNCCn1cc(Br)c(=O)[nH]c1=O. The van der Waals surface area contributed by atoms with E-state index in [1.54, 1.807) is 0 Å². The average molecular weight is 319 g/mol.